The molecule has 0 atom stereocenters. The van der Waals surface area contributed by atoms with Crippen molar-refractivity contribution in [3.63, 3.8) is 0 Å². The lowest BCUT2D eigenvalue weighted by Crippen LogP contribution is -2.21. The third kappa shape index (κ3) is 3.87. The fraction of sp³-hybridized carbons (Fsp3) is 0.143. The molecule has 1 saturated carbocycles. The van der Waals surface area contributed by atoms with Crippen LogP contribution >= 0.6 is 0 Å². The predicted octanol–water partition coefficient (Wildman–Crippen LogP) is 6.87. The maximum atomic E-state index is 12.8. The standard InChI is InChI=1S/C28H23NO2/c30-26-14-6-13-25(29-23-16-15-19-7-1-2-9-21(19)17-23)28(26)27(31)18-22-11-5-10-20-8-3-4-12-24(20)22/h1-5,7-12,15-17,31H,6,13-14,18H2. The van der Waals surface area contributed by atoms with Crippen molar-refractivity contribution in [1.82, 2.24) is 0 Å². The van der Waals surface area contributed by atoms with Gasteiger partial charge in [-0.25, -0.2) is 0 Å². The highest BCUT2D eigenvalue weighted by atomic mass is 16.3. The average Bonchev–Trinajstić information content (AvgIpc) is 2.79. The number of carbonyl (C=O) groups excluding carboxylic acids is 1. The van der Waals surface area contributed by atoms with E-state index < -0.39 is 0 Å². The molecule has 3 nitrogen and oxygen atoms in total. The molecule has 0 unspecified atom stereocenters. The van der Waals surface area contributed by atoms with Crippen LogP contribution in [0.1, 0.15) is 24.8 Å². The van der Waals surface area contributed by atoms with Gasteiger partial charge in [0.2, 0.25) is 0 Å². The van der Waals surface area contributed by atoms with Crippen molar-refractivity contribution in [1.29, 1.82) is 0 Å². The maximum Gasteiger partial charge on any atom is 0.168 e. The van der Waals surface area contributed by atoms with Gasteiger partial charge >= 0.3 is 0 Å². The number of carbonyl (C=O) groups is 1. The number of nitrogens with zero attached hydrogens (tertiary/aromatic N) is 1. The van der Waals surface area contributed by atoms with Crippen molar-refractivity contribution in [2.45, 2.75) is 25.7 Å². The first-order valence-electron chi connectivity index (χ1n) is 10.7. The number of aliphatic hydroxyl groups excluding tert-OH is 1. The van der Waals surface area contributed by atoms with E-state index >= 15 is 0 Å². The molecule has 0 amide bonds. The number of ketones is 1. The lowest BCUT2D eigenvalue weighted by atomic mass is 9.88. The van der Waals surface area contributed by atoms with E-state index in [4.69, 9.17) is 4.99 Å². The molecule has 3 heteroatoms. The van der Waals surface area contributed by atoms with Crippen LogP contribution < -0.4 is 0 Å². The number of aliphatic imine (C=N–C) groups is 1. The van der Waals surface area contributed by atoms with Crippen LogP contribution in [0.25, 0.3) is 21.5 Å². The third-order valence-corrected chi connectivity index (χ3v) is 5.91. The van der Waals surface area contributed by atoms with Crippen molar-refractivity contribution in [3.8, 4) is 0 Å². The second kappa shape index (κ2) is 8.19. The van der Waals surface area contributed by atoms with Crippen LogP contribution in [0.3, 0.4) is 0 Å². The minimum absolute atomic E-state index is 0.0245. The van der Waals surface area contributed by atoms with Gasteiger partial charge in [0.25, 0.3) is 0 Å². The van der Waals surface area contributed by atoms with Crippen molar-refractivity contribution in [3.05, 3.63) is 102 Å². The number of benzene rings is 4. The van der Waals surface area contributed by atoms with Crippen molar-refractivity contribution < 1.29 is 9.90 Å². The summed E-state index contributed by atoms with van der Waals surface area (Å²) in [7, 11) is 0. The van der Waals surface area contributed by atoms with Crippen LogP contribution in [-0.4, -0.2) is 16.6 Å². The summed E-state index contributed by atoms with van der Waals surface area (Å²) in [6.07, 6.45) is 2.22. The second-order valence-corrected chi connectivity index (χ2v) is 8.00. The Kier molecular flexibility index (Phi) is 5.09. The van der Waals surface area contributed by atoms with Gasteiger partial charge in [0.05, 0.1) is 17.0 Å². The number of Topliss-reactive ketones (excluding diaryl/α,β-unsaturated/α-hetero) is 1. The van der Waals surface area contributed by atoms with Crippen LogP contribution in [0, 0.1) is 0 Å². The first-order chi connectivity index (χ1) is 15.2. The molecule has 1 fully saturated rings. The minimum Gasteiger partial charge on any atom is -0.511 e. The summed E-state index contributed by atoms with van der Waals surface area (Å²) >= 11 is 0. The van der Waals surface area contributed by atoms with E-state index in [9.17, 15) is 9.90 Å². The van der Waals surface area contributed by atoms with Crippen LogP contribution in [0.5, 0.6) is 0 Å². The molecule has 5 rings (SSSR count). The van der Waals surface area contributed by atoms with E-state index in [2.05, 4.69) is 30.3 Å². The highest BCUT2D eigenvalue weighted by Crippen LogP contribution is 2.28. The normalized spacial score (nSPS) is 17.4. The average molecular weight is 405 g/mol. The zero-order chi connectivity index (χ0) is 21.2. The number of fused-ring (bicyclic) bond motifs is 2. The van der Waals surface area contributed by atoms with Crippen molar-refractivity contribution >= 4 is 38.7 Å². The SMILES string of the molecule is O=C1CCCC(=Nc2ccc3ccccc3c2)C1=C(O)Cc1cccc2ccccc12. The molecule has 4 aromatic rings. The van der Waals surface area contributed by atoms with Gasteiger partial charge in [-0.1, -0.05) is 72.8 Å². The predicted molar refractivity (Wildman–Crippen MR) is 127 cm³/mol. The molecule has 1 N–H and O–H groups in total. The number of rotatable bonds is 3. The molecule has 152 valence electrons. The fourth-order valence-electron chi connectivity index (χ4n) is 4.38. The Morgan fingerprint density at radius 3 is 2.42 bits per heavy atom. The summed E-state index contributed by atoms with van der Waals surface area (Å²) in [6.45, 7) is 0. The van der Waals surface area contributed by atoms with Crippen molar-refractivity contribution in [2.75, 3.05) is 0 Å². The van der Waals surface area contributed by atoms with E-state index in [-0.39, 0.29) is 11.5 Å². The number of aliphatic hydroxyl groups is 1. The van der Waals surface area contributed by atoms with Crippen LogP contribution in [0.4, 0.5) is 5.69 Å². The Morgan fingerprint density at radius 2 is 1.55 bits per heavy atom. The molecule has 1 aliphatic rings. The van der Waals surface area contributed by atoms with Gasteiger partial charge in [-0.05, 0) is 52.1 Å². The van der Waals surface area contributed by atoms with Gasteiger partial charge in [-0.2, -0.15) is 0 Å². The van der Waals surface area contributed by atoms with Gasteiger partial charge < -0.3 is 5.11 Å². The molecule has 4 aromatic carbocycles. The number of hydrogen-bond donors (Lipinski definition) is 1. The zero-order valence-electron chi connectivity index (χ0n) is 17.2. The van der Waals surface area contributed by atoms with E-state index in [0.29, 0.717) is 30.5 Å². The number of allylic oxidation sites excluding steroid dienone is 2. The first kappa shape index (κ1) is 19.3. The summed E-state index contributed by atoms with van der Waals surface area (Å²) < 4.78 is 0. The lowest BCUT2D eigenvalue weighted by molar-refractivity contribution is -0.115. The molecule has 0 aliphatic heterocycles. The summed E-state index contributed by atoms with van der Waals surface area (Å²) in [5.74, 6) is 0.0871. The molecule has 0 saturated heterocycles. The molecule has 1 aliphatic carbocycles. The first-order valence-corrected chi connectivity index (χ1v) is 10.7. The van der Waals surface area contributed by atoms with Gasteiger partial charge in [0, 0.05) is 12.8 Å². The molecular formula is C28H23NO2. The Bertz CT molecular complexity index is 1360. The quantitative estimate of drug-likeness (QED) is 0.298. The van der Waals surface area contributed by atoms with Crippen LogP contribution in [0.2, 0.25) is 0 Å². The Morgan fingerprint density at radius 1 is 0.806 bits per heavy atom. The molecule has 0 heterocycles. The zero-order valence-corrected chi connectivity index (χ0v) is 17.2. The molecule has 0 aromatic heterocycles. The smallest absolute Gasteiger partial charge is 0.168 e. The van der Waals surface area contributed by atoms with E-state index in [1.165, 1.54) is 0 Å². The number of hydrogen-bond acceptors (Lipinski definition) is 3. The molecular weight excluding hydrogens is 382 g/mol. The highest BCUT2D eigenvalue weighted by molar-refractivity contribution is 6.24. The largest absolute Gasteiger partial charge is 0.511 e. The maximum absolute atomic E-state index is 12.8. The van der Waals surface area contributed by atoms with Crippen LogP contribution in [0.15, 0.2) is 101 Å². The van der Waals surface area contributed by atoms with E-state index in [1.54, 1.807) is 0 Å². The third-order valence-electron chi connectivity index (χ3n) is 5.91. The minimum atomic E-state index is -0.0245. The van der Waals surface area contributed by atoms with Gasteiger partial charge in [0.15, 0.2) is 5.78 Å². The summed E-state index contributed by atoms with van der Waals surface area (Å²) in [5.41, 5.74) is 2.89. The fourth-order valence-corrected chi connectivity index (χ4v) is 4.38. The Labute approximate surface area is 181 Å². The van der Waals surface area contributed by atoms with Gasteiger partial charge in [0.1, 0.15) is 5.76 Å². The monoisotopic (exact) mass is 405 g/mol. The molecule has 0 bridgehead atoms. The highest BCUT2D eigenvalue weighted by Gasteiger charge is 2.26. The Hall–Kier alpha value is -3.72. The van der Waals surface area contributed by atoms with E-state index in [0.717, 1.165) is 39.2 Å². The summed E-state index contributed by atoms with van der Waals surface area (Å²) in [6, 6.07) is 28.3. The van der Waals surface area contributed by atoms with Gasteiger partial charge in [-0.15, -0.1) is 0 Å². The van der Waals surface area contributed by atoms with Crippen LogP contribution in [-0.2, 0) is 11.2 Å². The molecule has 31 heavy (non-hydrogen) atoms. The van der Waals surface area contributed by atoms with E-state index in [1.807, 2.05) is 54.6 Å². The van der Waals surface area contributed by atoms with Gasteiger partial charge in [-0.3, -0.25) is 9.79 Å². The Balaban J connectivity index is 1.56. The molecule has 0 spiro atoms. The van der Waals surface area contributed by atoms with Crippen molar-refractivity contribution in [2.24, 2.45) is 4.99 Å². The lowest BCUT2D eigenvalue weighted by Gasteiger charge is -2.18. The summed E-state index contributed by atoms with van der Waals surface area (Å²) in [4.78, 5) is 17.6. The summed E-state index contributed by atoms with van der Waals surface area (Å²) in [5, 5.41) is 15.5. The topological polar surface area (TPSA) is 49.7 Å². The molecule has 0 radical (unpaired) electrons. The second-order valence-electron chi connectivity index (χ2n) is 8.00.